The van der Waals surface area contributed by atoms with Crippen molar-refractivity contribution in [3.63, 3.8) is 0 Å². The average Bonchev–Trinajstić information content (AvgIpc) is 2.21. The van der Waals surface area contributed by atoms with Crippen LogP contribution in [0, 0.1) is 5.92 Å². The van der Waals surface area contributed by atoms with Crippen LogP contribution in [0.1, 0.15) is 71.6 Å². The van der Waals surface area contributed by atoms with E-state index >= 15 is 0 Å². The molecule has 0 radical (unpaired) electrons. The molecule has 0 aliphatic rings. The van der Waals surface area contributed by atoms with Crippen molar-refractivity contribution in [2.45, 2.75) is 71.6 Å². The molecule has 0 spiro atoms. The van der Waals surface area contributed by atoms with Crippen LogP contribution in [-0.2, 0) is 0 Å². The number of rotatable bonds is 10. The first kappa shape index (κ1) is 14.3. The van der Waals surface area contributed by atoms with Gasteiger partial charge in [-0.25, -0.2) is 0 Å². The summed E-state index contributed by atoms with van der Waals surface area (Å²) < 4.78 is 0. The molecule has 0 aromatic rings. The Bertz CT molecular complexity index is 101. The molecule has 0 bridgehead atoms. The molecule has 0 aromatic heterocycles. The fourth-order valence-corrected chi connectivity index (χ4v) is 1.86. The molecule has 1 unspecified atom stereocenters. The third-order valence-corrected chi connectivity index (χ3v) is 3.29. The van der Waals surface area contributed by atoms with Crippen molar-refractivity contribution in [1.29, 1.82) is 0 Å². The summed E-state index contributed by atoms with van der Waals surface area (Å²) >= 11 is 5.61. The molecule has 0 amide bonds. The highest BCUT2D eigenvalue weighted by atomic mass is 35.5. The summed E-state index contributed by atoms with van der Waals surface area (Å²) in [6.45, 7) is 4.65. The first-order chi connectivity index (χ1) is 6.81. The number of hydrogen-bond donors (Lipinski definition) is 0. The molecule has 0 rings (SSSR count). The molecular weight excluding hydrogens is 192 g/mol. The summed E-state index contributed by atoms with van der Waals surface area (Å²) in [6.07, 6.45) is 12.4. The van der Waals surface area contributed by atoms with Gasteiger partial charge in [-0.15, -0.1) is 11.6 Å². The van der Waals surface area contributed by atoms with Crippen LogP contribution < -0.4 is 0 Å². The third-order valence-electron chi connectivity index (χ3n) is 3.03. The predicted octanol–water partition coefficient (Wildman–Crippen LogP) is 5.39. The van der Waals surface area contributed by atoms with Gasteiger partial charge < -0.3 is 0 Å². The summed E-state index contributed by atoms with van der Waals surface area (Å²) in [4.78, 5) is 0. The van der Waals surface area contributed by atoms with E-state index < -0.39 is 0 Å². The van der Waals surface area contributed by atoms with Gasteiger partial charge >= 0.3 is 0 Å². The Morgan fingerprint density at radius 2 is 1.36 bits per heavy atom. The smallest absolute Gasteiger partial charge is 0.0223 e. The summed E-state index contributed by atoms with van der Waals surface area (Å²) in [5.74, 6) is 1.78. The van der Waals surface area contributed by atoms with Crippen LogP contribution >= 0.6 is 11.6 Å². The Labute approximate surface area is 95.4 Å². The second-order valence-corrected chi connectivity index (χ2v) is 4.84. The molecule has 0 heterocycles. The lowest BCUT2D eigenvalue weighted by molar-refractivity contribution is 0.471. The van der Waals surface area contributed by atoms with E-state index in [9.17, 15) is 0 Å². The molecule has 0 aliphatic carbocycles. The quantitative estimate of drug-likeness (QED) is 0.341. The maximum atomic E-state index is 5.61. The molecular formula is C13H27Cl. The fraction of sp³-hybridized carbons (Fsp3) is 1.00. The minimum Gasteiger partial charge on any atom is -0.127 e. The van der Waals surface area contributed by atoms with E-state index in [1.165, 1.54) is 57.8 Å². The SMILES string of the molecule is CCC(C)CCCCCCCCCCl. The molecule has 0 nitrogen and oxygen atoms in total. The van der Waals surface area contributed by atoms with Crippen molar-refractivity contribution in [2.24, 2.45) is 5.92 Å². The van der Waals surface area contributed by atoms with Crippen LogP contribution in [0.15, 0.2) is 0 Å². The highest BCUT2D eigenvalue weighted by molar-refractivity contribution is 6.17. The minimum atomic E-state index is 0.841. The summed E-state index contributed by atoms with van der Waals surface area (Å²) in [5, 5.41) is 0. The Morgan fingerprint density at radius 3 is 1.86 bits per heavy atom. The summed E-state index contributed by atoms with van der Waals surface area (Å²) in [6, 6.07) is 0. The van der Waals surface area contributed by atoms with E-state index in [0.717, 1.165) is 11.8 Å². The molecule has 0 fully saturated rings. The van der Waals surface area contributed by atoms with Gasteiger partial charge in [-0.1, -0.05) is 65.2 Å². The van der Waals surface area contributed by atoms with E-state index in [-0.39, 0.29) is 0 Å². The molecule has 0 saturated carbocycles. The summed E-state index contributed by atoms with van der Waals surface area (Å²) in [7, 11) is 0. The Kier molecular flexibility index (Phi) is 11.6. The van der Waals surface area contributed by atoms with E-state index in [2.05, 4.69) is 13.8 Å². The van der Waals surface area contributed by atoms with Crippen molar-refractivity contribution in [3.8, 4) is 0 Å². The number of unbranched alkanes of at least 4 members (excludes halogenated alkanes) is 6. The van der Waals surface area contributed by atoms with Crippen molar-refractivity contribution < 1.29 is 0 Å². The molecule has 0 aromatic carbocycles. The first-order valence-electron chi connectivity index (χ1n) is 6.37. The predicted molar refractivity (Wildman–Crippen MR) is 67.1 cm³/mol. The van der Waals surface area contributed by atoms with Crippen LogP contribution in [0.3, 0.4) is 0 Å². The maximum absolute atomic E-state index is 5.61. The number of hydrogen-bond acceptors (Lipinski definition) is 0. The molecule has 1 atom stereocenters. The zero-order valence-corrected chi connectivity index (χ0v) is 10.8. The zero-order valence-electron chi connectivity index (χ0n) is 10.0. The number of alkyl halides is 1. The summed E-state index contributed by atoms with van der Waals surface area (Å²) in [5.41, 5.74) is 0. The fourth-order valence-electron chi connectivity index (χ4n) is 1.68. The normalized spacial score (nSPS) is 13.1. The van der Waals surface area contributed by atoms with Gasteiger partial charge in [-0.2, -0.15) is 0 Å². The van der Waals surface area contributed by atoms with Gasteiger partial charge in [-0.3, -0.25) is 0 Å². The maximum Gasteiger partial charge on any atom is 0.0223 e. The van der Waals surface area contributed by atoms with Crippen molar-refractivity contribution in [1.82, 2.24) is 0 Å². The number of halogens is 1. The minimum absolute atomic E-state index is 0.841. The lowest BCUT2D eigenvalue weighted by Crippen LogP contribution is -1.91. The van der Waals surface area contributed by atoms with Crippen LogP contribution in [-0.4, -0.2) is 5.88 Å². The molecule has 0 aliphatic heterocycles. The second-order valence-electron chi connectivity index (χ2n) is 4.47. The van der Waals surface area contributed by atoms with Crippen LogP contribution in [0.2, 0.25) is 0 Å². The topological polar surface area (TPSA) is 0 Å². The van der Waals surface area contributed by atoms with Crippen LogP contribution in [0.4, 0.5) is 0 Å². The van der Waals surface area contributed by atoms with Gasteiger partial charge in [-0.05, 0) is 12.3 Å². The van der Waals surface area contributed by atoms with Gasteiger partial charge in [0.05, 0.1) is 0 Å². The lowest BCUT2D eigenvalue weighted by atomic mass is 10.00. The van der Waals surface area contributed by atoms with E-state index in [0.29, 0.717) is 0 Å². The molecule has 1 heteroatoms. The standard InChI is InChI=1S/C13H27Cl/c1-3-13(2)11-9-7-5-4-6-8-10-12-14/h13H,3-12H2,1-2H3. The van der Waals surface area contributed by atoms with E-state index in [4.69, 9.17) is 11.6 Å². The average molecular weight is 219 g/mol. The second kappa shape index (κ2) is 11.4. The Morgan fingerprint density at radius 1 is 0.857 bits per heavy atom. The van der Waals surface area contributed by atoms with Crippen molar-refractivity contribution >= 4 is 11.6 Å². The van der Waals surface area contributed by atoms with Gasteiger partial charge in [0.2, 0.25) is 0 Å². The Hall–Kier alpha value is 0.290. The van der Waals surface area contributed by atoms with Gasteiger partial charge in [0.1, 0.15) is 0 Å². The van der Waals surface area contributed by atoms with Gasteiger partial charge in [0.15, 0.2) is 0 Å². The molecule has 86 valence electrons. The van der Waals surface area contributed by atoms with Gasteiger partial charge in [0, 0.05) is 5.88 Å². The zero-order chi connectivity index (χ0) is 10.6. The Balaban J connectivity index is 2.92. The van der Waals surface area contributed by atoms with Crippen LogP contribution in [0.5, 0.6) is 0 Å². The van der Waals surface area contributed by atoms with Gasteiger partial charge in [0.25, 0.3) is 0 Å². The van der Waals surface area contributed by atoms with Crippen LogP contribution in [0.25, 0.3) is 0 Å². The molecule has 0 N–H and O–H groups in total. The van der Waals surface area contributed by atoms with E-state index in [1.54, 1.807) is 0 Å². The molecule has 0 saturated heterocycles. The molecule has 14 heavy (non-hydrogen) atoms. The highest BCUT2D eigenvalue weighted by Crippen LogP contribution is 2.14. The first-order valence-corrected chi connectivity index (χ1v) is 6.90. The monoisotopic (exact) mass is 218 g/mol. The third kappa shape index (κ3) is 10.4. The van der Waals surface area contributed by atoms with Crippen molar-refractivity contribution in [3.05, 3.63) is 0 Å². The van der Waals surface area contributed by atoms with E-state index in [1.807, 2.05) is 0 Å². The lowest BCUT2D eigenvalue weighted by Gasteiger charge is -2.07. The highest BCUT2D eigenvalue weighted by Gasteiger charge is 1.97. The largest absolute Gasteiger partial charge is 0.127 e. The van der Waals surface area contributed by atoms with Crippen molar-refractivity contribution in [2.75, 3.05) is 5.88 Å².